The number of carbonyl (C=O) groups is 1. The molecule has 0 heterocycles. The maximum Gasteiger partial charge on any atom is 0.330 e. The van der Waals surface area contributed by atoms with Crippen LogP contribution in [0.1, 0.15) is 63.9 Å². The molecule has 4 heteroatoms. The molecule has 0 fully saturated rings. The summed E-state index contributed by atoms with van der Waals surface area (Å²) in [5.41, 5.74) is 0.629. The third-order valence-electron chi connectivity index (χ3n) is 3.65. The molecule has 0 radical (unpaired) electrons. The number of phenolic OH excluding ortho intramolecular Hbond substituents is 2. The van der Waals surface area contributed by atoms with Gasteiger partial charge in [0.2, 0.25) is 0 Å². The first-order valence-corrected chi connectivity index (χ1v) is 8.50. The van der Waals surface area contributed by atoms with Crippen LogP contribution in [0.25, 0.3) is 6.08 Å². The highest BCUT2D eigenvalue weighted by atomic mass is 16.5. The normalized spacial score (nSPS) is 11.0. The molecule has 0 saturated carbocycles. The van der Waals surface area contributed by atoms with Crippen molar-refractivity contribution in [3.63, 3.8) is 0 Å². The van der Waals surface area contributed by atoms with Gasteiger partial charge in [-0.05, 0) is 30.2 Å². The zero-order chi connectivity index (χ0) is 16.9. The highest BCUT2D eigenvalue weighted by Crippen LogP contribution is 2.25. The Bertz CT molecular complexity index is 494. The van der Waals surface area contributed by atoms with Crippen LogP contribution < -0.4 is 0 Å². The molecule has 0 spiro atoms. The van der Waals surface area contributed by atoms with Crippen molar-refractivity contribution < 1.29 is 19.7 Å². The van der Waals surface area contributed by atoms with Gasteiger partial charge in [0.05, 0.1) is 6.61 Å². The number of esters is 1. The number of carbonyl (C=O) groups excluding carboxylic acids is 1. The minimum atomic E-state index is -0.388. The van der Waals surface area contributed by atoms with Gasteiger partial charge < -0.3 is 14.9 Å². The van der Waals surface area contributed by atoms with E-state index in [0.717, 1.165) is 12.8 Å². The number of ether oxygens (including phenoxy) is 1. The van der Waals surface area contributed by atoms with E-state index in [1.54, 1.807) is 12.1 Å². The number of hydrogen-bond acceptors (Lipinski definition) is 4. The standard InChI is InChI=1S/C19H28O4/c1-2-3-4-5-6-7-8-9-14-23-19(22)13-11-16-10-12-17(20)18(21)15-16/h10-13,15,20-21H,2-9,14H2,1H3/b13-11+. The Morgan fingerprint density at radius 2 is 1.65 bits per heavy atom. The quantitative estimate of drug-likeness (QED) is 0.266. The van der Waals surface area contributed by atoms with E-state index in [-0.39, 0.29) is 17.5 Å². The fourth-order valence-electron chi connectivity index (χ4n) is 2.27. The van der Waals surface area contributed by atoms with Crippen molar-refractivity contribution in [2.75, 3.05) is 6.61 Å². The Morgan fingerprint density at radius 1 is 1.00 bits per heavy atom. The van der Waals surface area contributed by atoms with Crippen molar-refractivity contribution in [1.82, 2.24) is 0 Å². The minimum Gasteiger partial charge on any atom is -0.504 e. The lowest BCUT2D eigenvalue weighted by Crippen LogP contribution is -2.02. The molecule has 1 rings (SSSR count). The zero-order valence-corrected chi connectivity index (χ0v) is 14.0. The fourth-order valence-corrected chi connectivity index (χ4v) is 2.27. The monoisotopic (exact) mass is 320 g/mol. The Labute approximate surface area is 138 Å². The van der Waals surface area contributed by atoms with Crippen LogP contribution in [0, 0.1) is 0 Å². The Hall–Kier alpha value is -1.97. The molecule has 0 aliphatic heterocycles. The van der Waals surface area contributed by atoms with Gasteiger partial charge in [-0.15, -0.1) is 0 Å². The topological polar surface area (TPSA) is 66.8 Å². The van der Waals surface area contributed by atoms with E-state index in [1.807, 2.05) is 0 Å². The molecule has 4 nitrogen and oxygen atoms in total. The van der Waals surface area contributed by atoms with Crippen molar-refractivity contribution in [3.8, 4) is 11.5 Å². The molecule has 2 N–H and O–H groups in total. The van der Waals surface area contributed by atoms with E-state index in [0.29, 0.717) is 12.2 Å². The van der Waals surface area contributed by atoms with Crippen LogP contribution in [-0.4, -0.2) is 22.8 Å². The van der Waals surface area contributed by atoms with Crippen molar-refractivity contribution in [2.45, 2.75) is 58.3 Å². The first-order valence-electron chi connectivity index (χ1n) is 8.50. The van der Waals surface area contributed by atoms with Crippen LogP contribution in [-0.2, 0) is 9.53 Å². The molecule has 128 valence electrons. The van der Waals surface area contributed by atoms with Gasteiger partial charge in [0.1, 0.15) is 0 Å². The van der Waals surface area contributed by atoms with Crippen molar-refractivity contribution in [2.24, 2.45) is 0 Å². The predicted molar refractivity (Wildman–Crippen MR) is 92.4 cm³/mol. The van der Waals surface area contributed by atoms with Crippen LogP contribution in [0.4, 0.5) is 0 Å². The fraction of sp³-hybridized carbons (Fsp3) is 0.526. The lowest BCUT2D eigenvalue weighted by molar-refractivity contribution is -0.137. The number of rotatable bonds is 11. The summed E-state index contributed by atoms with van der Waals surface area (Å²) < 4.78 is 5.13. The molecule has 0 saturated heterocycles. The Balaban J connectivity index is 2.10. The third-order valence-corrected chi connectivity index (χ3v) is 3.65. The van der Waals surface area contributed by atoms with Crippen LogP contribution in [0.5, 0.6) is 11.5 Å². The molecular weight excluding hydrogens is 292 g/mol. The van der Waals surface area contributed by atoms with Crippen molar-refractivity contribution >= 4 is 12.0 Å². The highest BCUT2D eigenvalue weighted by molar-refractivity contribution is 5.87. The Morgan fingerprint density at radius 3 is 2.30 bits per heavy atom. The lowest BCUT2D eigenvalue weighted by atomic mass is 10.1. The molecule has 1 aromatic rings. The number of hydrogen-bond donors (Lipinski definition) is 2. The average Bonchev–Trinajstić information content (AvgIpc) is 2.54. The van der Waals surface area contributed by atoms with Gasteiger partial charge in [0, 0.05) is 6.08 Å². The molecule has 0 amide bonds. The molecular formula is C19H28O4. The largest absolute Gasteiger partial charge is 0.504 e. The molecule has 0 bridgehead atoms. The second-order valence-corrected chi connectivity index (χ2v) is 5.72. The van der Waals surface area contributed by atoms with Gasteiger partial charge >= 0.3 is 5.97 Å². The van der Waals surface area contributed by atoms with Gasteiger partial charge in [-0.1, -0.05) is 57.9 Å². The second-order valence-electron chi connectivity index (χ2n) is 5.72. The molecule has 0 aliphatic rings. The summed E-state index contributed by atoms with van der Waals surface area (Å²) in [5, 5.41) is 18.6. The number of benzene rings is 1. The van der Waals surface area contributed by atoms with E-state index >= 15 is 0 Å². The highest BCUT2D eigenvalue weighted by Gasteiger charge is 2.00. The van der Waals surface area contributed by atoms with Crippen LogP contribution >= 0.6 is 0 Å². The first-order chi connectivity index (χ1) is 11.1. The first kappa shape index (κ1) is 19.1. The van der Waals surface area contributed by atoms with E-state index in [9.17, 15) is 15.0 Å². The summed E-state index contributed by atoms with van der Waals surface area (Å²) in [4.78, 5) is 11.6. The lowest BCUT2D eigenvalue weighted by Gasteiger charge is -2.03. The predicted octanol–water partition coefficient (Wildman–Crippen LogP) is 4.79. The SMILES string of the molecule is CCCCCCCCCCOC(=O)/C=C/c1ccc(O)c(O)c1. The maximum atomic E-state index is 11.6. The molecule has 0 unspecified atom stereocenters. The molecule has 0 aliphatic carbocycles. The van der Waals surface area contributed by atoms with Crippen LogP contribution in [0.2, 0.25) is 0 Å². The maximum absolute atomic E-state index is 11.6. The molecule has 23 heavy (non-hydrogen) atoms. The summed E-state index contributed by atoms with van der Waals surface area (Å²) in [7, 11) is 0. The van der Waals surface area contributed by atoms with Gasteiger partial charge in [0.25, 0.3) is 0 Å². The van der Waals surface area contributed by atoms with Crippen molar-refractivity contribution in [1.29, 1.82) is 0 Å². The zero-order valence-electron chi connectivity index (χ0n) is 14.0. The summed E-state index contributed by atoms with van der Waals surface area (Å²) in [6.07, 6.45) is 12.5. The van der Waals surface area contributed by atoms with E-state index in [1.165, 1.54) is 56.7 Å². The molecule has 0 atom stereocenters. The Kier molecular flexibility index (Phi) is 9.60. The van der Waals surface area contributed by atoms with E-state index in [2.05, 4.69) is 6.92 Å². The summed E-state index contributed by atoms with van der Waals surface area (Å²) >= 11 is 0. The molecule has 0 aromatic heterocycles. The van der Waals surface area contributed by atoms with E-state index in [4.69, 9.17) is 4.74 Å². The smallest absolute Gasteiger partial charge is 0.330 e. The van der Waals surface area contributed by atoms with Gasteiger partial charge in [0.15, 0.2) is 11.5 Å². The number of aromatic hydroxyl groups is 2. The van der Waals surface area contributed by atoms with Crippen molar-refractivity contribution in [3.05, 3.63) is 29.8 Å². The minimum absolute atomic E-state index is 0.181. The van der Waals surface area contributed by atoms with Gasteiger partial charge in [-0.2, -0.15) is 0 Å². The summed E-state index contributed by atoms with van der Waals surface area (Å²) in [6.45, 7) is 2.66. The third kappa shape index (κ3) is 8.91. The second kappa shape index (κ2) is 11.6. The van der Waals surface area contributed by atoms with Gasteiger partial charge in [-0.3, -0.25) is 0 Å². The number of unbranched alkanes of at least 4 members (excludes halogenated alkanes) is 7. The van der Waals surface area contributed by atoms with Gasteiger partial charge in [-0.25, -0.2) is 4.79 Å². The summed E-state index contributed by atoms with van der Waals surface area (Å²) in [6, 6.07) is 4.37. The summed E-state index contributed by atoms with van der Waals surface area (Å²) in [5.74, 6) is -0.778. The van der Waals surface area contributed by atoms with Crippen LogP contribution in [0.3, 0.4) is 0 Å². The van der Waals surface area contributed by atoms with E-state index < -0.39 is 0 Å². The average molecular weight is 320 g/mol. The van der Waals surface area contributed by atoms with Crippen LogP contribution in [0.15, 0.2) is 24.3 Å². The number of phenols is 2. The molecule has 1 aromatic carbocycles.